The Morgan fingerprint density at radius 2 is 1.56 bits per heavy atom. The van der Waals surface area contributed by atoms with E-state index in [-0.39, 0.29) is 23.9 Å². The second kappa shape index (κ2) is 15.1. The number of hydrogen-bond acceptors (Lipinski definition) is 5. The first-order chi connectivity index (χ1) is 16.5. The Morgan fingerprint density at radius 1 is 0.912 bits per heavy atom. The Balaban J connectivity index is 1.56. The van der Waals surface area contributed by atoms with Crippen LogP contribution in [0, 0.1) is 0 Å². The topological polar surface area (TPSA) is 88.1 Å². The molecule has 0 aromatic carbocycles. The second-order valence-corrected chi connectivity index (χ2v) is 8.72. The Kier molecular flexibility index (Phi) is 12.1. The molecular formula is C26H40N4O4. The van der Waals surface area contributed by atoms with Crippen molar-refractivity contribution < 1.29 is 9.53 Å². The minimum absolute atomic E-state index is 0.0942. The van der Waals surface area contributed by atoms with E-state index >= 15 is 0 Å². The van der Waals surface area contributed by atoms with Gasteiger partial charge < -0.3 is 4.74 Å². The Bertz CT molecular complexity index is 1070. The van der Waals surface area contributed by atoms with E-state index in [4.69, 9.17) is 4.74 Å². The lowest BCUT2D eigenvalue weighted by Gasteiger charge is -2.08. The summed E-state index contributed by atoms with van der Waals surface area (Å²) < 4.78 is 9.10. The number of rotatable bonds is 16. The highest BCUT2D eigenvalue weighted by atomic mass is 16.5. The molecule has 0 bridgehead atoms. The maximum absolute atomic E-state index is 12.4. The number of nitrogens with zero attached hydrogens (tertiary/aromatic N) is 4. The van der Waals surface area contributed by atoms with E-state index in [2.05, 4.69) is 36.2 Å². The molecule has 0 fully saturated rings. The Morgan fingerprint density at radius 3 is 2.26 bits per heavy atom. The summed E-state index contributed by atoms with van der Waals surface area (Å²) in [6.45, 7) is 2.13. The number of aryl methyl sites for hydroxylation is 1. The van der Waals surface area contributed by atoms with Crippen LogP contribution < -0.4 is 11.2 Å². The van der Waals surface area contributed by atoms with Crippen LogP contribution in [0.2, 0.25) is 0 Å². The predicted octanol–water partition coefficient (Wildman–Crippen LogP) is 4.75. The first-order valence-electron chi connectivity index (χ1n) is 12.5. The molecule has 0 radical (unpaired) electrons. The maximum Gasteiger partial charge on any atom is 0.332 e. The molecule has 0 saturated carbocycles. The smallest absolute Gasteiger partial charge is 0.332 e. The third-order valence-electron chi connectivity index (χ3n) is 5.91. The minimum Gasteiger partial charge on any atom is -0.444 e. The molecule has 2 heterocycles. The minimum atomic E-state index is -0.458. The van der Waals surface area contributed by atoms with Crippen LogP contribution in [-0.4, -0.2) is 24.7 Å². The molecular weight excluding hydrogens is 432 g/mol. The van der Waals surface area contributed by atoms with Gasteiger partial charge in [-0.3, -0.25) is 23.3 Å². The summed E-state index contributed by atoms with van der Waals surface area (Å²) in [6.07, 6.45) is 23.2. The molecule has 0 N–H and O–H groups in total. The van der Waals surface area contributed by atoms with Crippen molar-refractivity contribution in [3.63, 3.8) is 0 Å². The molecule has 2 aromatic heterocycles. The predicted molar refractivity (Wildman–Crippen MR) is 136 cm³/mol. The summed E-state index contributed by atoms with van der Waals surface area (Å²) in [5.41, 5.74) is -0.381. The Hall–Kier alpha value is -2.90. The maximum atomic E-state index is 12.4. The van der Waals surface area contributed by atoms with Crippen LogP contribution >= 0.6 is 0 Å². The highest BCUT2D eigenvalue weighted by molar-refractivity contribution is 5.71. The van der Waals surface area contributed by atoms with Crippen LogP contribution in [0.4, 0.5) is 0 Å². The summed E-state index contributed by atoms with van der Waals surface area (Å²) in [5.74, 6) is -0.297. The monoisotopic (exact) mass is 472 g/mol. The van der Waals surface area contributed by atoms with Gasteiger partial charge in [0.1, 0.15) is 6.33 Å². The van der Waals surface area contributed by atoms with E-state index in [1.54, 1.807) is 7.05 Å². The van der Waals surface area contributed by atoms with Crippen LogP contribution in [0.3, 0.4) is 0 Å². The van der Waals surface area contributed by atoms with Gasteiger partial charge in [-0.1, -0.05) is 63.3 Å². The molecule has 2 rings (SSSR count). The normalized spacial score (nSPS) is 11.9. The lowest BCUT2D eigenvalue weighted by atomic mass is 10.1. The first-order valence-corrected chi connectivity index (χ1v) is 12.5. The van der Waals surface area contributed by atoms with Gasteiger partial charge in [0.25, 0.3) is 5.56 Å². The second-order valence-electron chi connectivity index (χ2n) is 8.72. The zero-order valence-electron chi connectivity index (χ0n) is 21.0. The van der Waals surface area contributed by atoms with Gasteiger partial charge in [-0.25, -0.2) is 9.78 Å². The first kappa shape index (κ1) is 27.3. The molecule has 0 saturated heterocycles. The fourth-order valence-electron chi connectivity index (χ4n) is 3.79. The van der Waals surface area contributed by atoms with Crippen LogP contribution in [0.1, 0.15) is 84.0 Å². The van der Waals surface area contributed by atoms with Gasteiger partial charge in [-0.2, -0.15) is 0 Å². The highest BCUT2D eigenvalue weighted by Gasteiger charge is 2.15. The molecule has 0 aliphatic heterocycles. The van der Waals surface area contributed by atoms with Gasteiger partial charge in [0.15, 0.2) is 17.9 Å². The lowest BCUT2D eigenvalue weighted by molar-refractivity contribution is -0.147. The molecule has 0 unspecified atom stereocenters. The molecule has 0 aliphatic rings. The average molecular weight is 473 g/mol. The third-order valence-corrected chi connectivity index (χ3v) is 5.91. The van der Waals surface area contributed by atoms with Gasteiger partial charge in [0.05, 0.1) is 0 Å². The number of fused-ring (bicyclic) bond motifs is 1. The average Bonchev–Trinajstić information content (AvgIpc) is 3.26. The van der Waals surface area contributed by atoms with Crippen molar-refractivity contribution in [3.05, 3.63) is 51.5 Å². The zero-order valence-corrected chi connectivity index (χ0v) is 21.0. The number of imidazole rings is 1. The van der Waals surface area contributed by atoms with Gasteiger partial charge >= 0.3 is 11.7 Å². The summed E-state index contributed by atoms with van der Waals surface area (Å²) in [5, 5.41) is 0. The fourth-order valence-corrected chi connectivity index (χ4v) is 3.79. The van der Waals surface area contributed by atoms with E-state index in [9.17, 15) is 14.4 Å². The molecule has 34 heavy (non-hydrogen) atoms. The van der Waals surface area contributed by atoms with Crippen molar-refractivity contribution in [3.8, 4) is 0 Å². The van der Waals surface area contributed by atoms with Crippen LogP contribution in [0.25, 0.3) is 11.2 Å². The van der Waals surface area contributed by atoms with Crippen molar-refractivity contribution in [2.75, 3.05) is 0 Å². The van der Waals surface area contributed by atoms with Crippen LogP contribution in [0.15, 0.2) is 40.2 Å². The lowest BCUT2D eigenvalue weighted by Crippen LogP contribution is -2.37. The highest BCUT2D eigenvalue weighted by Crippen LogP contribution is 2.10. The Labute approximate surface area is 201 Å². The SMILES string of the molecule is CCCCC/C=C/C/C=C/CCCCCCCC(=O)OCn1cnc2c1c(=O)n(C)c(=O)n2C. The van der Waals surface area contributed by atoms with Crippen molar-refractivity contribution in [2.24, 2.45) is 14.1 Å². The number of allylic oxidation sites excluding steroid dienone is 4. The van der Waals surface area contributed by atoms with Crippen molar-refractivity contribution in [2.45, 2.75) is 90.7 Å². The van der Waals surface area contributed by atoms with Gasteiger partial charge in [0, 0.05) is 20.5 Å². The van der Waals surface area contributed by atoms with Crippen molar-refractivity contribution in [1.82, 2.24) is 18.7 Å². The van der Waals surface area contributed by atoms with E-state index in [0.717, 1.165) is 43.1 Å². The van der Waals surface area contributed by atoms with Gasteiger partial charge in [-0.05, 0) is 38.5 Å². The number of aromatic nitrogens is 4. The number of hydrogen-bond donors (Lipinski definition) is 0. The van der Waals surface area contributed by atoms with Gasteiger partial charge in [0.2, 0.25) is 0 Å². The van der Waals surface area contributed by atoms with Crippen molar-refractivity contribution >= 4 is 17.1 Å². The number of esters is 1. The third kappa shape index (κ3) is 8.47. The van der Waals surface area contributed by atoms with E-state index in [1.807, 2.05) is 0 Å². The molecule has 2 aromatic rings. The standard InChI is InChI=1S/C26H40N4O4/c1-4-5-6-7-8-9-10-11-12-13-14-15-16-17-18-19-22(31)34-21-30-20-27-24-23(30)25(32)29(3)26(33)28(24)2/h8-9,11-12,20H,4-7,10,13-19,21H2,1-3H3/b9-8+,12-11+. The molecule has 8 nitrogen and oxygen atoms in total. The van der Waals surface area contributed by atoms with E-state index in [0.29, 0.717) is 6.42 Å². The largest absolute Gasteiger partial charge is 0.444 e. The molecule has 0 atom stereocenters. The number of ether oxygens (including phenoxy) is 1. The van der Waals surface area contributed by atoms with Crippen molar-refractivity contribution in [1.29, 1.82) is 0 Å². The summed E-state index contributed by atoms with van der Waals surface area (Å²) in [7, 11) is 2.97. The summed E-state index contributed by atoms with van der Waals surface area (Å²) in [4.78, 5) is 40.6. The number of carbonyl (C=O) groups is 1. The molecule has 188 valence electrons. The van der Waals surface area contributed by atoms with E-state index < -0.39 is 11.2 Å². The molecule has 0 spiro atoms. The van der Waals surface area contributed by atoms with Gasteiger partial charge in [-0.15, -0.1) is 0 Å². The zero-order chi connectivity index (χ0) is 24.8. The fraction of sp³-hybridized carbons (Fsp3) is 0.615. The van der Waals surface area contributed by atoms with E-state index in [1.165, 1.54) is 54.6 Å². The molecule has 0 amide bonds. The quantitative estimate of drug-likeness (QED) is 0.200. The number of unbranched alkanes of at least 4 members (excludes halogenated alkanes) is 8. The molecule has 0 aliphatic carbocycles. The number of carbonyl (C=O) groups excluding carboxylic acids is 1. The van der Waals surface area contributed by atoms with Crippen LogP contribution in [-0.2, 0) is 30.4 Å². The summed E-state index contributed by atoms with van der Waals surface area (Å²) in [6, 6.07) is 0. The molecule has 8 heteroatoms. The van der Waals surface area contributed by atoms with Crippen LogP contribution in [0.5, 0.6) is 0 Å². The summed E-state index contributed by atoms with van der Waals surface area (Å²) >= 11 is 0.